The second-order valence-corrected chi connectivity index (χ2v) is 11.1. The molecule has 0 fully saturated rings. The first-order valence-electron chi connectivity index (χ1n) is 9.90. The fraction of sp³-hybridized carbons (Fsp3) is 0.300. The van der Waals surface area contributed by atoms with Gasteiger partial charge in [-0.2, -0.15) is 13.2 Å². The molecule has 0 saturated carbocycles. The molecule has 0 spiro atoms. The van der Waals surface area contributed by atoms with Crippen LogP contribution in [0.4, 0.5) is 23.1 Å². The van der Waals surface area contributed by atoms with Gasteiger partial charge in [-0.05, 0) is 17.7 Å². The number of hydrogen-bond acceptors (Lipinski definition) is 10. The van der Waals surface area contributed by atoms with Crippen molar-refractivity contribution in [2.75, 3.05) is 19.5 Å². The Bertz CT molecular complexity index is 1350. The number of aromatic nitrogens is 2. The molecule has 1 aromatic carbocycles. The molecule has 0 radical (unpaired) electrons. The molecule has 0 atom stereocenters. The molecule has 0 unspecified atom stereocenters. The predicted octanol–water partition coefficient (Wildman–Crippen LogP) is 3.43. The number of methoxy groups -OCH3 is 1. The number of ether oxygens (including phenoxy) is 1. The SMILES string of the molecule is COC(=O)N(C)Cc1nc(CO)sc1-c1csc(NC(=O)Cc2ccc(S(=O)(=O)C(F)(F)F)cc2)n1. The number of sulfone groups is 1. The van der Waals surface area contributed by atoms with Crippen molar-refractivity contribution < 1.29 is 41.0 Å². The number of benzene rings is 1. The number of nitrogens with one attached hydrogen (secondary N) is 1. The van der Waals surface area contributed by atoms with Gasteiger partial charge in [-0.25, -0.2) is 23.2 Å². The van der Waals surface area contributed by atoms with E-state index in [2.05, 4.69) is 20.0 Å². The molecule has 10 nitrogen and oxygen atoms in total. The summed E-state index contributed by atoms with van der Waals surface area (Å²) in [5.74, 6) is -0.520. The smallest absolute Gasteiger partial charge is 0.453 e. The first-order valence-corrected chi connectivity index (χ1v) is 13.1. The van der Waals surface area contributed by atoms with Gasteiger partial charge in [0.25, 0.3) is 9.84 Å². The number of rotatable bonds is 8. The highest BCUT2D eigenvalue weighted by molar-refractivity contribution is 7.92. The fourth-order valence-corrected chi connectivity index (χ4v) is 5.37. The fourth-order valence-electron chi connectivity index (χ4n) is 2.93. The van der Waals surface area contributed by atoms with Crippen LogP contribution in [0.2, 0.25) is 0 Å². The van der Waals surface area contributed by atoms with Gasteiger partial charge in [-0.1, -0.05) is 12.1 Å². The second kappa shape index (κ2) is 10.9. The third-order valence-corrected chi connectivity index (χ3v) is 8.00. The van der Waals surface area contributed by atoms with E-state index in [1.165, 1.54) is 30.4 Å². The van der Waals surface area contributed by atoms with Crippen LogP contribution in [-0.2, 0) is 38.9 Å². The average Bonchev–Trinajstić information content (AvgIpc) is 3.44. The van der Waals surface area contributed by atoms with E-state index < -0.39 is 32.2 Å². The number of thiazole rings is 2. The molecule has 3 rings (SSSR count). The molecule has 3 aromatic rings. The van der Waals surface area contributed by atoms with Crippen LogP contribution in [0.1, 0.15) is 16.3 Å². The summed E-state index contributed by atoms with van der Waals surface area (Å²) >= 11 is 2.29. The number of carbonyl (C=O) groups is 2. The molecule has 0 aliphatic rings. The molecule has 0 bridgehead atoms. The largest absolute Gasteiger partial charge is 0.501 e. The summed E-state index contributed by atoms with van der Waals surface area (Å²) in [6.07, 6.45) is -0.805. The predicted molar refractivity (Wildman–Crippen MR) is 125 cm³/mol. The van der Waals surface area contributed by atoms with E-state index in [1.54, 1.807) is 5.38 Å². The number of alkyl halides is 3. The van der Waals surface area contributed by atoms with E-state index >= 15 is 0 Å². The van der Waals surface area contributed by atoms with E-state index in [0.29, 0.717) is 26.8 Å². The first kappa shape index (κ1) is 27.5. The standard InChI is InChI=1S/C20H19F3N4O6S3/c1-27(19(30)33-2)8-13-17(35-16(9-28)24-13)14-10-34-18(25-14)26-15(29)7-11-3-5-12(6-4-11)36(31,32)20(21,22)23/h3-6,10,28H,7-9H2,1-2H3,(H,25,26,29). The van der Waals surface area contributed by atoms with Gasteiger partial charge < -0.3 is 20.1 Å². The maximum atomic E-state index is 12.7. The van der Waals surface area contributed by atoms with E-state index in [1.807, 2.05) is 0 Å². The molecule has 36 heavy (non-hydrogen) atoms. The zero-order valence-electron chi connectivity index (χ0n) is 18.7. The van der Waals surface area contributed by atoms with Crippen molar-refractivity contribution in [1.82, 2.24) is 14.9 Å². The van der Waals surface area contributed by atoms with E-state index in [0.717, 1.165) is 35.6 Å². The lowest BCUT2D eigenvalue weighted by Crippen LogP contribution is -2.26. The summed E-state index contributed by atoms with van der Waals surface area (Å²) in [6, 6.07) is 3.84. The van der Waals surface area contributed by atoms with Crippen molar-refractivity contribution in [2.24, 2.45) is 0 Å². The Hall–Kier alpha value is -3.08. The van der Waals surface area contributed by atoms with Crippen molar-refractivity contribution in [3.05, 3.63) is 45.9 Å². The van der Waals surface area contributed by atoms with Crippen molar-refractivity contribution >= 4 is 49.6 Å². The Balaban J connectivity index is 1.70. The van der Waals surface area contributed by atoms with Gasteiger partial charge in [-0.3, -0.25) is 4.79 Å². The minimum atomic E-state index is -5.47. The summed E-state index contributed by atoms with van der Waals surface area (Å²) in [6.45, 7) is -0.214. The molecule has 2 amide bonds. The topological polar surface area (TPSA) is 139 Å². The number of anilines is 1. The van der Waals surface area contributed by atoms with Crippen molar-refractivity contribution in [2.45, 2.75) is 30.0 Å². The van der Waals surface area contributed by atoms with Crippen LogP contribution in [0.5, 0.6) is 0 Å². The van der Waals surface area contributed by atoms with Crippen molar-refractivity contribution in [3.8, 4) is 10.6 Å². The van der Waals surface area contributed by atoms with Gasteiger partial charge in [0.05, 0.1) is 47.8 Å². The molecule has 16 heteroatoms. The lowest BCUT2D eigenvalue weighted by atomic mass is 10.1. The van der Waals surface area contributed by atoms with Crippen molar-refractivity contribution in [1.29, 1.82) is 0 Å². The minimum Gasteiger partial charge on any atom is -0.453 e. The first-order chi connectivity index (χ1) is 16.8. The summed E-state index contributed by atoms with van der Waals surface area (Å²) < 4.78 is 65.5. The summed E-state index contributed by atoms with van der Waals surface area (Å²) in [5.41, 5.74) is -4.18. The second-order valence-electron chi connectivity index (χ2n) is 7.22. The third-order valence-electron chi connectivity index (χ3n) is 4.64. The van der Waals surface area contributed by atoms with Crippen LogP contribution in [0.15, 0.2) is 34.5 Å². The zero-order chi connectivity index (χ0) is 26.7. The normalized spacial score (nSPS) is 11.8. The van der Waals surface area contributed by atoms with Gasteiger partial charge in [0.1, 0.15) is 5.01 Å². The van der Waals surface area contributed by atoms with Crippen molar-refractivity contribution in [3.63, 3.8) is 0 Å². The molecule has 0 aliphatic heterocycles. The molecule has 0 aliphatic carbocycles. The molecule has 0 saturated heterocycles. The lowest BCUT2D eigenvalue weighted by Gasteiger charge is -2.14. The summed E-state index contributed by atoms with van der Waals surface area (Å²) in [5, 5.41) is 14.3. The Morgan fingerprint density at radius 2 is 1.86 bits per heavy atom. The molecule has 2 N–H and O–H groups in total. The van der Waals surface area contributed by atoms with Gasteiger partial charge in [-0.15, -0.1) is 22.7 Å². The molecular formula is C20H19F3N4O6S3. The molecule has 2 heterocycles. The number of carbonyl (C=O) groups excluding carboxylic acids is 2. The van der Waals surface area contributed by atoms with Crippen LogP contribution < -0.4 is 5.32 Å². The summed E-state index contributed by atoms with van der Waals surface area (Å²) in [4.78, 5) is 33.7. The number of halogens is 3. The van der Waals surface area contributed by atoms with E-state index in [9.17, 15) is 36.3 Å². The Kier molecular flexibility index (Phi) is 8.33. The number of aliphatic hydroxyl groups is 1. The Morgan fingerprint density at radius 3 is 2.44 bits per heavy atom. The molecule has 2 aromatic heterocycles. The van der Waals surface area contributed by atoms with Crippen LogP contribution in [0.3, 0.4) is 0 Å². The quantitative estimate of drug-likeness (QED) is 0.424. The van der Waals surface area contributed by atoms with Gasteiger partial charge in [0, 0.05) is 12.4 Å². The van der Waals surface area contributed by atoms with E-state index in [-0.39, 0.29) is 24.7 Å². The molecular weight excluding hydrogens is 545 g/mol. The molecule has 194 valence electrons. The lowest BCUT2D eigenvalue weighted by molar-refractivity contribution is -0.115. The monoisotopic (exact) mass is 564 g/mol. The maximum absolute atomic E-state index is 12.7. The highest BCUT2D eigenvalue weighted by Gasteiger charge is 2.46. The number of aliphatic hydroxyl groups excluding tert-OH is 1. The number of hydrogen-bond donors (Lipinski definition) is 2. The number of nitrogens with zero attached hydrogens (tertiary/aromatic N) is 3. The highest BCUT2D eigenvalue weighted by atomic mass is 32.2. The summed E-state index contributed by atoms with van der Waals surface area (Å²) in [7, 11) is -2.71. The van der Waals surface area contributed by atoms with E-state index in [4.69, 9.17) is 0 Å². The van der Waals surface area contributed by atoms with Gasteiger partial charge in [0.2, 0.25) is 5.91 Å². The van der Waals surface area contributed by atoms with Crippen LogP contribution in [0, 0.1) is 0 Å². The average molecular weight is 565 g/mol. The van der Waals surface area contributed by atoms with Gasteiger partial charge >= 0.3 is 11.6 Å². The maximum Gasteiger partial charge on any atom is 0.501 e. The zero-order valence-corrected chi connectivity index (χ0v) is 21.1. The Labute approximate surface area is 211 Å². The van der Waals surface area contributed by atoms with Crippen LogP contribution >= 0.6 is 22.7 Å². The van der Waals surface area contributed by atoms with Crippen LogP contribution in [-0.4, -0.2) is 60.1 Å². The Morgan fingerprint density at radius 1 is 1.19 bits per heavy atom. The number of amides is 2. The third kappa shape index (κ3) is 6.18. The van der Waals surface area contributed by atoms with Gasteiger partial charge in [0.15, 0.2) is 5.13 Å². The highest BCUT2D eigenvalue weighted by Crippen LogP contribution is 2.34. The van der Waals surface area contributed by atoms with Crippen LogP contribution in [0.25, 0.3) is 10.6 Å². The minimum absolute atomic E-state index is 0.0950.